The van der Waals surface area contributed by atoms with Crippen LogP contribution in [0.2, 0.25) is 0 Å². The van der Waals surface area contributed by atoms with Gasteiger partial charge < -0.3 is 10.6 Å². The molecule has 1 aliphatic rings. The first kappa shape index (κ1) is 20.1. The first-order chi connectivity index (χ1) is 11.7. The van der Waals surface area contributed by atoms with Gasteiger partial charge in [0.05, 0.1) is 16.9 Å². The average molecular weight is 395 g/mol. The molecule has 0 saturated carbocycles. The van der Waals surface area contributed by atoms with Crippen LogP contribution in [0.15, 0.2) is 36.5 Å². The van der Waals surface area contributed by atoms with Gasteiger partial charge in [0, 0.05) is 24.2 Å². The molecule has 1 aromatic carbocycles. The second-order valence-electron chi connectivity index (χ2n) is 5.98. The van der Waals surface area contributed by atoms with Crippen LogP contribution in [-0.4, -0.2) is 45.0 Å². The normalized spacial score (nSPS) is 16.0. The first-order valence-corrected chi connectivity index (χ1v) is 8.01. The molecule has 4 rings (SSSR count). The molecule has 1 aliphatic heterocycles. The molecule has 3 aromatic rings. The molecule has 1 amide bonds. The maximum Gasteiger partial charge on any atom is 0.274 e. The van der Waals surface area contributed by atoms with Crippen LogP contribution < -0.4 is 10.6 Å². The number of hydrogen-bond acceptors (Lipinski definition) is 5. The van der Waals surface area contributed by atoms with Gasteiger partial charge in [0.1, 0.15) is 0 Å². The van der Waals surface area contributed by atoms with Crippen molar-refractivity contribution in [2.45, 2.75) is 19.4 Å². The van der Waals surface area contributed by atoms with Crippen LogP contribution in [0, 0.1) is 6.92 Å². The Bertz CT molecular complexity index is 907. The molecule has 1 saturated heterocycles. The third kappa shape index (κ3) is 3.80. The highest BCUT2D eigenvalue weighted by atomic mass is 35.5. The molecule has 1 atom stereocenters. The standard InChI is InChI=1S/C17H18N6O.2ClH/c1-11-16(17(24)20-13-6-8-18-10-13)21-22-23(11)14-4-5-15-12(9-14)3-2-7-19-15;;/h2-5,7,9,13,18H,6,8,10H2,1H3,(H,20,24);2*1H. The van der Waals surface area contributed by atoms with Gasteiger partial charge in [0.15, 0.2) is 5.69 Å². The number of rotatable bonds is 3. The Hall–Kier alpha value is -2.22. The lowest BCUT2D eigenvalue weighted by atomic mass is 10.2. The number of halogens is 2. The molecule has 1 unspecified atom stereocenters. The number of fused-ring (bicyclic) bond motifs is 1. The minimum absolute atomic E-state index is 0. The van der Waals surface area contributed by atoms with E-state index in [1.165, 1.54) is 0 Å². The number of carbonyl (C=O) groups excluding carboxylic acids is 1. The lowest BCUT2D eigenvalue weighted by molar-refractivity contribution is 0.0934. The van der Waals surface area contributed by atoms with E-state index in [4.69, 9.17) is 0 Å². The van der Waals surface area contributed by atoms with Gasteiger partial charge in [-0.05, 0) is 44.2 Å². The predicted octanol–water partition coefficient (Wildman–Crippen LogP) is 2.06. The zero-order valence-electron chi connectivity index (χ0n) is 14.2. The zero-order valence-corrected chi connectivity index (χ0v) is 15.8. The summed E-state index contributed by atoms with van der Waals surface area (Å²) in [5, 5.41) is 15.5. The molecule has 138 valence electrons. The molecule has 2 N–H and O–H groups in total. The van der Waals surface area contributed by atoms with Gasteiger partial charge in [0.2, 0.25) is 0 Å². The molecule has 0 bridgehead atoms. The summed E-state index contributed by atoms with van der Waals surface area (Å²) in [5.74, 6) is -0.171. The maximum absolute atomic E-state index is 12.4. The van der Waals surface area contributed by atoms with Crippen molar-refractivity contribution in [2.24, 2.45) is 0 Å². The summed E-state index contributed by atoms with van der Waals surface area (Å²) in [6.45, 7) is 3.59. The minimum Gasteiger partial charge on any atom is -0.347 e. The third-order valence-corrected chi connectivity index (χ3v) is 4.34. The summed E-state index contributed by atoms with van der Waals surface area (Å²) in [5.41, 5.74) is 2.88. The summed E-state index contributed by atoms with van der Waals surface area (Å²) in [7, 11) is 0. The second kappa shape index (κ2) is 8.44. The Labute approximate surface area is 163 Å². The van der Waals surface area contributed by atoms with Crippen molar-refractivity contribution in [2.75, 3.05) is 13.1 Å². The van der Waals surface area contributed by atoms with Crippen LogP contribution in [0.1, 0.15) is 22.6 Å². The summed E-state index contributed by atoms with van der Waals surface area (Å²) in [6.07, 6.45) is 2.71. The molecule has 2 aromatic heterocycles. The third-order valence-electron chi connectivity index (χ3n) is 4.34. The quantitative estimate of drug-likeness (QED) is 0.709. The van der Waals surface area contributed by atoms with Gasteiger partial charge in [-0.2, -0.15) is 0 Å². The number of aromatic nitrogens is 4. The van der Waals surface area contributed by atoms with Crippen molar-refractivity contribution in [1.82, 2.24) is 30.6 Å². The lowest BCUT2D eigenvalue weighted by Gasteiger charge is -2.10. The largest absolute Gasteiger partial charge is 0.347 e. The van der Waals surface area contributed by atoms with Gasteiger partial charge >= 0.3 is 0 Å². The van der Waals surface area contributed by atoms with E-state index in [1.54, 1.807) is 10.9 Å². The van der Waals surface area contributed by atoms with Gasteiger partial charge in [-0.15, -0.1) is 29.9 Å². The number of benzene rings is 1. The van der Waals surface area contributed by atoms with Crippen LogP contribution in [0.3, 0.4) is 0 Å². The number of hydrogen-bond donors (Lipinski definition) is 2. The molecule has 0 radical (unpaired) electrons. The highest BCUT2D eigenvalue weighted by molar-refractivity contribution is 5.93. The first-order valence-electron chi connectivity index (χ1n) is 8.01. The molecular formula is C17H20Cl2N6O. The maximum atomic E-state index is 12.4. The summed E-state index contributed by atoms with van der Waals surface area (Å²) < 4.78 is 1.69. The molecule has 1 fully saturated rings. The number of pyridine rings is 1. The smallest absolute Gasteiger partial charge is 0.274 e. The fraction of sp³-hybridized carbons (Fsp3) is 0.294. The fourth-order valence-corrected chi connectivity index (χ4v) is 3.01. The number of nitrogens with one attached hydrogen (secondary N) is 2. The highest BCUT2D eigenvalue weighted by Gasteiger charge is 2.22. The van der Waals surface area contributed by atoms with Crippen LogP contribution in [-0.2, 0) is 0 Å². The van der Waals surface area contributed by atoms with Crippen molar-refractivity contribution in [3.63, 3.8) is 0 Å². The van der Waals surface area contributed by atoms with Crippen molar-refractivity contribution in [3.8, 4) is 5.69 Å². The van der Waals surface area contributed by atoms with Gasteiger partial charge in [-0.25, -0.2) is 4.68 Å². The van der Waals surface area contributed by atoms with Gasteiger partial charge in [0.25, 0.3) is 5.91 Å². The van der Waals surface area contributed by atoms with Gasteiger partial charge in [-0.1, -0.05) is 11.3 Å². The number of amides is 1. The summed E-state index contributed by atoms with van der Waals surface area (Å²) in [4.78, 5) is 16.7. The van der Waals surface area contributed by atoms with E-state index in [9.17, 15) is 4.79 Å². The Balaban J connectivity index is 0.00000121. The Morgan fingerprint density at radius 1 is 1.31 bits per heavy atom. The topological polar surface area (TPSA) is 84.7 Å². The van der Waals surface area contributed by atoms with Crippen LogP contribution >= 0.6 is 24.8 Å². The van der Waals surface area contributed by atoms with Crippen LogP contribution in [0.5, 0.6) is 0 Å². The van der Waals surface area contributed by atoms with E-state index in [0.717, 1.165) is 41.8 Å². The van der Waals surface area contributed by atoms with Crippen molar-refractivity contribution in [3.05, 3.63) is 47.9 Å². The van der Waals surface area contributed by atoms with E-state index in [1.807, 2.05) is 37.3 Å². The minimum atomic E-state index is -0.171. The molecule has 7 nitrogen and oxygen atoms in total. The van der Waals surface area contributed by atoms with Crippen LogP contribution in [0.4, 0.5) is 0 Å². The predicted molar refractivity (Wildman–Crippen MR) is 105 cm³/mol. The summed E-state index contributed by atoms with van der Waals surface area (Å²) >= 11 is 0. The molecular weight excluding hydrogens is 375 g/mol. The lowest BCUT2D eigenvalue weighted by Crippen LogP contribution is -2.36. The van der Waals surface area contributed by atoms with E-state index in [-0.39, 0.29) is 36.8 Å². The molecule has 0 spiro atoms. The Morgan fingerprint density at radius 3 is 2.92 bits per heavy atom. The van der Waals surface area contributed by atoms with Gasteiger partial charge in [-0.3, -0.25) is 9.78 Å². The second-order valence-corrected chi connectivity index (χ2v) is 5.98. The Kier molecular flexibility index (Phi) is 6.52. The van der Waals surface area contributed by atoms with Crippen molar-refractivity contribution < 1.29 is 4.79 Å². The highest BCUT2D eigenvalue weighted by Crippen LogP contribution is 2.18. The fourth-order valence-electron chi connectivity index (χ4n) is 3.01. The zero-order chi connectivity index (χ0) is 16.5. The number of nitrogens with zero attached hydrogens (tertiary/aromatic N) is 4. The van der Waals surface area contributed by atoms with Crippen LogP contribution in [0.25, 0.3) is 16.6 Å². The van der Waals surface area contributed by atoms with E-state index >= 15 is 0 Å². The monoisotopic (exact) mass is 394 g/mol. The SMILES string of the molecule is Cc1c(C(=O)NC2CCNC2)nnn1-c1ccc2ncccc2c1.Cl.Cl. The van der Waals surface area contributed by atoms with E-state index < -0.39 is 0 Å². The molecule has 3 heterocycles. The molecule has 0 aliphatic carbocycles. The average Bonchev–Trinajstić information content (AvgIpc) is 3.24. The van der Waals surface area contributed by atoms with Crippen molar-refractivity contribution in [1.29, 1.82) is 0 Å². The van der Waals surface area contributed by atoms with Crippen molar-refractivity contribution >= 4 is 41.6 Å². The molecule has 9 heteroatoms. The number of carbonyl (C=O) groups is 1. The van der Waals surface area contributed by atoms with E-state index in [0.29, 0.717) is 5.69 Å². The molecule has 26 heavy (non-hydrogen) atoms. The van der Waals surface area contributed by atoms with E-state index in [2.05, 4.69) is 25.9 Å². The Morgan fingerprint density at radius 2 is 2.15 bits per heavy atom. The summed E-state index contributed by atoms with van der Waals surface area (Å²) in [6, 6.07) is 9.92.